The number of hydrogen-bond donors (Lipinski definition) is 2. The molecule has 1 spiro atoms. The Labute approximate surface area is 171 Å². The lowest BCUT2D eigenvalue weighted by molar-refractivity contribution is -0.414. The molecule has 1 heterocycles. The molecule has 2 N–H and O–H groups in total. The van der Waals surface area contributed by atoms with Gasteiger partial charge in [-0.3, -0.25) is 9.59 Å². The number of Topliss-reactive ketones (excluding diaryl/α,β-unsaturated/α-hetero) is 1. The maximum absolute atomic E-state index is 14.1. The highest BCUT2D eigenvalue weighted by Crippen LogP contribution is 2.86. The smallest absolute Gasteiger partial charge is 0.303 e. The fraction of sp³-hybridized carbons (Fsp3) is 0.826. The van der Waals surface area contributed by atoms with Gasteiger partial charge in [0.2, 0.25) is 0 Å². The van der Waals surface area contributed by atoms with Crippen molar-refractivity contribution < 1.29 is 29.3 Å². The van der Waals surface area contributed by atoms with Crippen LogP contribution in [0.3, 0.4) is 0 Å². The highest BCUT2D eigenvalue weighted by atomic mass is 16.5. The van der Waals surface area contributed by atoms with Crippen LogP contribution >= 0.6 is 0 Å². The van der Waals surface area contributed by atoms with Crippen molar-refractivity contribution in [2.75, 3.05) is 6.61 Å². The molecule has 0 aromatic rings. The molecule has 4 aliphatic carbocycles. The van der Waals surface area contributed by atoms with Crippen molar-refractivity contribution in [1.82, 2.24) is 0 Å². The normalized spacial score (nSPS) is 57.7. The van der Waals surface area contributed by atoms with Gasteiger partial charge in [-0.2, -0.15) is 0 Å². The summed E-state index contributed by atoms with van der Waals surface area (Å²) in [7, 11) is 0. The summed E-state index contributed by atoms with van der Waals surface area (Å²) < 4.78 is 11.6. The second kappa shape index (κ2) is 5.32. The van der Waals surface area contributed by atoms with E-state index in [1.54, 1.807) is 0 Å². The lowest BCUT2D eigenvalue weighted by atomic mass is 9.19. The molecule has 5 rings (SSSR count). The molecule has 0 amide bonds. The summed E-state index contributed by atoms with van der Waals surface area (Å²) in [6, 6.07) is 0. The van der Waals surface area contributed by atoms with Crippen molar-refractivity contribution in [2.24, 2.45) is 34.0 Å². The monoisotopic (exact) mass is 404 g/mol. The molecule has 3 saturated carbocycles. The summed E-state index contributed by atoms with van der Waals surface area (Å²) >= 11 is 0. The van der Waals surface area contributed by atoms with Gasteiger partial charge in [-0.05, 0) is 36.3 Å². The first-order valence-corrected chi connectivity index (χ1v) is 10.8. The first kappa shape index (κ1) is 19.7. The predicted octanol–water partition coefficient (Wildman–Crippen LogP) is 2.02. The molecule has 6 nitrogen and oxygen atoms in total. The number of ether oxygens (including phenoxy) is 2. The van der Waals surface area contributed by atoms with Crippen LogP contribution in [0.4, 0.5) is 0 Å². The molecule has 1 aliphatic heterocycles. The number of aliphatic hydroxyl groups is 2. The van der Waals surface area contributed by atoms with E-state index in [1.807, 2.05) is 27.7 Å². The Morgan fingerprint density at radius 1 is 1.28 bits per heavy atom. The molecule has 10 atom stereocenters. The van der Waals surface area contributed by atoms with Crippen molar-refractivity contribution in [3.05, 3.63) is 11.1 Å². The van der Waals surface area contributed by atoms with Crippen molar-refractivity contribution in [3.63, 3.8) is 0 Å². The van der Waals surface area contributed by atoms with Gasteiger partial charge in [0.15, 0.2) is 11.9 Å². The van der Waals surface area contributed by atoms with E-state index >= 15 is 0 Å². The number of aliphatic hydroxyl groups excluding tert-OH is 1. The fourth-order valence-corrected chi connectivity index (χ4v) is 9.00. The summed E-state index contributed by atoms with van der Waals surface area (Å²) in [6.45, 7) is 11.9. The number of ketones is 1. The third-order valence-electron chi connectivity index (χ3n) is 10.3. The second-order valence-corrected chi connectivity index (χ2v) is 10.6. The van der Waals surface area contributed by atoms with Crippen molar-refractivity contribution >= 4 is 11.8 Å². The van der Waals surface area contributed by atoms with Crippen LogP contribution in [0.25, 0.3) is 0 Å². The summed E-state index contributed by atoms with van der Waals surface area (Å²) in [5, 5.41) is 22.8. The zero-order valence-electron chi connectivity index (χ0n) is 18.1. The Balaban J connectivity index is 1.85. The molecule has 0 bridgehead atoms. The lowest BCUT2D eigenvalue weighted by Crippen LogP contribution is -2.91. The quantitative estimate of drug-likeness (QED) is 0.513. The Bertz CT molecular complexity index is 863. The van der Waals surface area contributed by atoms with Gasteiger partial charge in [0, 0.05) is 35.5 Å². The lowest BCUT2D eigenvalue weighted by Gasteiger charge is -2.86. The van der Waals surface area contributed by atoms with Crippen LogP contribution in [-0.4, -0.2) is 52.5 Å². The molecule has 0 aromatic carbocycles. The molecular weight excluding hydrogens is 372 g/mol. The van der Waals surface area contributed by atoms with Gasteiger partial charge < -0.3 is 19.7 Å². The van der Waals surface area contributed by atoms with E-state index in [0.29, 0.717) is 17.8 Å². The van der Waals surface area contributed by atoms with Crippen molar-refractivity contribution in [1.29, 1.82) is 0 Å². The Kier molecular flexibility index (Phi) is 3.62. The molecule has 4 fully saturated rings. The minimum Gasteiger partial charge on any atom is -0.450 e. The van der Waals surface area contributed by atoms with E-state index in [9.17, 15) is 19.8 Å². The highest BCUT2D eigenvalue weighted by molar-refractivity contribution is 5.97. The first-order valence-electron chi connectivity index (χ1n) is 10.8. The predicted molar refractivity (Wildman–Crippen MR) is 104 cm³/mol. The standard InChI is InChI=1S/C23H32O6/c1-10-7-16-14(9-28-16)23-12(3)22(27)8-15(25)11(2)17(21(22,23)6)18(29-13(4)24)19(26)20(10,23)5/h10,12,14-16,18,25,27H,7-9H2,1-6H3/t10?,12?,14-,15+,16-,18-,20+,21+,22-,23?/m1/s1. The van der Waals surface area contributed by atoms with Gasteiger partial charge in [0.1, 0.15) is 0 Å². The summed E-state index contributed by atoms with van der Waals surface area (Å²) in [6.07, 6.45) is -0.778. The fourth-order valence-electron chi connectivity index (χ4n) is 9.00. The Hall–Kier alpha value is -1.24. The SMILES string of the molecule is CC(=O)O[C@H]1C(=O)[C@]2(C)C(C)C[C@H]3OC[C@H]3C23C(C)[C@]2(O)C[C@H](O)C(C)=C1[C@]32C. The second-order valence-electron chi connectivity index (χ2n) is 10.6. The molecule has 160 valence electrons. The molecule has 1 saturated heterocycles. The van der Waals surface area contributed by atoms with E-state index in [4.69, 9.17) is 9.47 Å². The van der Waals surface area contributed by atoms with E-state index < -0.39 is 40.0 Å². The molecule has 0 radical (unpaired) electrons. The van der Waals surface area contributed by atoms with E-state index in [2.05, 4.69) is 6.92 Å². The molecule has 3 unspecified atom stereocenters. The summed E-state index contributed by atoms with van der Waals surface area (Å²) in [4.78, 5) is 26.1. The molecule has 0 aromatic heterocycles. The maximum atomic E-state index is 14.1. The third-order valence-corrected chi connectivity index (χ3v) is 10.3. The van der Waals surface area contributed by atoms with Crippen LogP contribution in [0, 0.1) is 34.0 Å². The van der Waals surface area contributed by atoms with Crippen LogP contribution < -0.4 is 0 Å². The van der Waals surface area contributed by atoms with Gasteiger partial charge in [-0.1, -0.05) is 27.7 Å². The van der Waals surface area contributed by atoms with Crippen molar-refractivity contribution in [2.45, 2.75) is 78.3 Å². The van der Waals surface area contributed by atoms with E-state index in [1.165, 1.54) is 6.92 Å². The number of hydrogen-bond acceptors (Lipinski definition) is 6. The Morgan fingerprint density at radius 3 is 2.48 bits per heavy atom. The molecule has 5 aliphatic rings. The minimum absolute atomic E-state index is 0.0344. The summed E-state index contributed by atoms with van der Waals surface area (Å²) in [5.74, 6) is -0.575. The molecule has 29 heavy (non-hydrogen) atoms. The van der Waals surface area contributed by atoms with Gasteiger partial charge in [-0.15, -0.1) is 0 Å². The highest BCUT2D eigenvalue weighted by Gasteiger charge is 2.91. The van der Waals surface area contributed by atoms with Crippen LogP contribution in [-0.2, 0) is 19.1 Å². The number of carbonyl (C=O) groups excluding carboxylic acids is 2. The third kappa shape index (κ3) is 1.65. The van der Waals surface area contributed by atoms with Gasteiger partial charge in [-0.25, -0.2) is 0 Å². The van der Waals surface area contributed by atoms with Crippen LogP contribution in [0.1, 0.15) is 54.4 Å². The van der Waals surface area contributed by atoms with Gasteiger partial charge in [0.25, 0.3) is 0 Å². The number of esters is 1. The zero-order valence-corrected chi connectivity index (χ0v) is 18.1. The van der Waals surface area contributed by atoms with Gasteiger partial charge >= 0.3 is 5.97 Å². The maximum Gasteiger partial charge on any atom is 0.303 e. The Morgan fingerprint density at radius 2 is 1.93 bits per heavy atom. The van der Waals surface area contributed by atoms with Gasteiger partial charge in [0.05, 0.1) is 24.4 Å². The molecule has 6 heteroatoms. The average Bonchev–Trinajstić information content (AvgIpc) is 2.62. The average molecular weight is 405 g/mol. The van der Waals surface area contributed by atoms with E-state index in [0.717, 1.165) is 6.42 Å². The van der Waals surface area contributed by atoms with E-state index in [-0.39, 0.29) is 36.1 Å². The minimum atomic E-state index is -1.15. The first-order chi connectivity index (χ1) is 13.4. The van der Waals surface area contributed by atoms with Crippen LogP contribution in [0.2, 0.25) is 0 Å². The largest absolute Gasteiger partial charge is 0.450 e. The topological polar surface area (TPSA) is 93.1 Å². The van der Waals surface area contributed by atoms with Crippen molar-refractivity contribution in [3.8, 4) is 0 Å². The van der Waals surface area contributed by atoms with Crippen LogP contribution in [0.5, 0.6) is 0 Å². The number of fused-ring (bicyclic) bond motifs is 1. The number of rotatable bonds is 1. The summed E-state index contributed by atoms with van der Waals surface area (Å²) in [5.41, 5.74) is -1.84. The number of carbonyl (C=O) groups is 2. The van der Waals surface area contributed by atoms with Crippen LogP contribution in [0.15, 0.2) is 11.1 Å². The molecular formula is C23H32O6. The zero-order chi connectivity index (χ0) is 21.3.